The minimum absolute atomic E-state index is 0.117. The van der Waals surface area contributed by atoms with E-state index in [0.717, 1.165) is 24.2 Å². The van der Waals surface area contributed by atoms with Crippen LogP contribution in [0, 0.1) is 5.92 Å². The molecule has 1 atom stereocenters. The smallest absolute Gasteiger partial charge is 0.0632 e. The summed E-state index contributed by atoms with van der Waals surface area (Å²) in [5, 5.41) is 11.8. The maximum absolute atomic E-state index is 8.63. The van der Waals surface area contributed by atoms with Crippen LogP contribution in [0.1, 0.15) is 19.8 Å². The van der Waals surface area contributed by atoms with Gasteiger partial charge in [0.1, 0.15) is 0 Å². The molecule has 0 aromatic carbocycles. The Labute approximate surface area is 67.6 Å². The van der Waals surface area contributed by atoms with Gasteiger partial charge in [0.2, 0.25) is 0 Å². The van der Waals surface area contributed by atoms with Crippen molar-refractivity contribution in [1.82, 2.24) is 5.32 Å². The summed E-state index contributed by atoms with van der Waals surface area (Å²) in [6.45, 7) is 6.17. The van der Waals surface area contributed by atoms with Gasteiger partial charge >= 0.3 is 0 Å². The van der Waals surface area contributed by atoms with E-state index in [2.05, 4.69) is 18.8 Å². The van der Waals surface area contributed by atoms with Gasteiger partial charge in [-0.25, -0.2) is 0 Å². The average Bonchev–Trinajstić information content (AvgIpc) is 2.32. The van der Waals surface area contributed by atoms with Crippen LogP contribution in [0.25, 0.3) is 0 Å². The molecule has 1 fully saturated rings. The van der Waals surface area contributed by atoms with Crippen LogP contribution in [0.2, 0.25) is 0 Å². The molecule has 1 rings (SSSR count). The number of nitrogens with one attached hydrogen (secondary N) is 1. The Morgan fingerprint density at radius 3 is 3.00 bits per heavy atom. The Balaban J connectivity index is 2.56. The standard InChI is InChI=1S/C9H15NO/c1-3-8-6-9(4-5-11)10-7(8)2/h4,8,10-11H,2-3,5-6H2,1H3/b9-4+. The Kier molecular flexibility index (Phi) is 2.71. The fraction of sp³-hybridized carbons (Fsp3) is 0.556. The van der Waals surface area contributed by atoms with Gasteiger partial charge < -0.3 is 10.4 Å². The highest BCUT2D eigenvalue weighted by atomic mass is 16.2. The minimum Gasteiger partial charge on any atom is -0.392 e. The molecule has 62 valence electrons. The molecule has 1 heterocycles. The molecule has 0 aromatic heterocycles. The Morgan fingerprint density at radius 2 is 2.55 bits per heavy atom. The summed E-state index contributed by atoms with van der Waals surface area (Å²) < 4.78 is 0. The summed E-state index contributed by atoms with van der Waals surface area (Å²) in [6, 6.07) is 0. The highest BCUT2D eigenvalue weighted by molar-refractivity contribution is 5.20. The molecule has 1 aliphatic rings. The lowest BCUT2D eigenvalue weighted by molar-refractivity contribution is 0.341. The van der Waals surface area contributed by atoms with E-state index < -0.39 is 0 Å². The summed E-state index contributed by atoms with van der Waals surface area (Å²) in [5.41, 5.74) is 2.21. The van der Waals surface area contributed by atoms with Gasteiger partial charge in [0.25, 0.3) is 0 Å². The van der Waals surface area contributed by atoms with Crippen LogP contribution >= 0.6 is 0 Å². The van der Waals surface area contributed by atoms with Crippen LogP contribution in [0.4, 0.5) is 0 Å². The Hall–Kier alpha value is -0.760. The fourth-order valence-corrected chi connectivity index (χ4v) is 1.38. The third-order valence-corrected chi connectivity index (χ3v) is 2.11. The van der Waals surface area contributed by atoms with Crippen molar-refractivity contribution in [3.05, 3.63) is 24.0 Å². The molecule has 1 aliphatic heterocycles. The predicted octanol–water partition coefficient (Wildman–Crippen LogP) is 1.40. The number of aliphatic hydroxyl groups is 1. The first-order valence-electron chi connectivity index (χ1n) is 4.03. The Bertz CT molecular complexity index is 184. The van der Waals surface area contributed by atoms with Crippen molar-refractivity contribution in [2.45, 2.75) is 19.8 Å². The SMILES string of the molecule is C=C1N/C(=C/CO)CC1CC. The molecule has 2 heteroatoms. The van der Waals surface area contributed by atoms with Crippen LogP contribution in [0.15, 0.2) is 24.0 Å². The van der Waals surface area contributed by atoms with E-state index in [1.807, 2.05) is 0 Å². The van der Waals surface area contributed by atoms with Gasteiger partial charge in [-0.05, 0) is 18.9 Å². The van der Waals surface area contributed by atoms with Crippen molar-refractivity contribution in [2.24, 2.45) is 5.92 Å². The largest absolute Gasteiger partial charge is 0.392 e. The van der Waals surface area contributed by atoms with Crippen molar-refractivity contribution in [2.75, 3.05) is 6.61 Å². The van der Waals surface area contributed by atoms with Crippen molar-refractivity contribution >= 4 is 0 Å². The summed E-state index contributed by atoms with van der Waals surface area (Å²) in [4.78, 5) is 0. The second-order valence-corrected chi connectivity index (χ2v) is 2.87. The molecule has 2 N–H and O–H groups in total. The van der Waals surface area contributed by atoms with Crippen molar-refractivity contribution in [3.63, 3.8) is 0 Å². The van der Waals surface area contributed by atoms with Gasteiger partial charge in [-0.2, -0.15) is 0 Å². The second-order valence-electron chi connectivity index (χ2n) is 2.87. The van der Waals surface area contributed by atoms with Crippen LogP contribution in [0.5, 0.6) is 0 Å². The van der Waals surface area contributed by atoms with E-state index in [4.69, 9.17) is 5.11 Å². The molecule has 0 bridgehead atoms. The minimum atomic E-state index is 0.117. The summed E-state index contributed by atoms with van der Waals surface area (Å²) in [6.07, 6.45) is 3.94. The highest BCUT2D eigenvalue weighted by Crippen LogP contribution is 2.26. The number of aliphatic hydroxyl groups excluding tert-OH is 1. The van der Waals surface area contributed by atoms with E-state index >= 15 is 0 Å². The predicted molar refractivity (Wildman–Crippen MR) is 45.8 cm³/mol. The maximum Gasteiger partial charge on any atom is 0.0632 e. The molecule has 2 nitrogen and oxygen atoms in total. The number of rotatable bonds is 2. The van der Waals surface area contributed by atoms with Crippen molar-refractivity contribution in [1.29, 1.82) is 0 Å². The van der Waals surface area contributed by atoms with Gasteiger partial charge in [0, 0.05) is 17.3 Å². The quantitative estimate of drug-likeness (QED) is 0.628. The summed E-state index contributed by atoms with van der Waals surface area (Å²) in [7, 11) is 0. The monoisotopic (exact) mass is 153 g/mol. The van der Waals surface area contributed by atoms with E-state index in [1.54, 1.807) is 6.08 Å². The number of hydrogen-bond acceptors (Lipinski definition) is 2. The normalized spacial score (nSPS) is 27.6. The van der Waals surface area contributed by atoms with Gasteiger partial charge in [-0.1, -0.05) is 13.5 Å². The van der Waals surface area contributed by atoms with E-state index in [9.17, 15) is 0 Å². The molecule has 0 aromatic rings. The zero-order valence-electron chi connectivity index (χ0n) is 6.93. The molecule has 0 aliphatic carbocycles. The molecule has 0 spiro atoms. The summed E-state index contributed by atoms with van der Waals surface area (Å²) >= 11 is 0. The zero-order chi connectivity index (χ0) is 8.27. The fourth-order valence-electron chi connectivity index (χ4n) is 1.38. The molecule has 0 amide bonds. The highest BCUT2D eigenvalue weighted by Gasteiger charge is 2.20. The lowest BCUT2D eigenvalue weighted by Gasteiger charge is -2.02. The second kappa shape index (κ2) is 3.58. The first-order chi connectivity index (χ1) is 5.27. The molecule has 1 unspecified atom stereocenters. The number of allylic oxidation sites excluding steroid dienone is 2. The van der Waals surface area contributed by atoms with Gasteiger partial charge in [0.05, 0.1) is 6.61 Å². The first-order valence-corrected chi connectivity index (χ1v) is 4.03. The van der Waals surface area contributed by atoms with Gasteiger partial charge in [0.15, 0.2) is 0 Å². The van der Waals surface area contributed by atoms with Gasteiger partial charge in [-0.3, -0.25) is 0 Å². The Morgan fingerprint density at radius 1 is 1.82 bits per heavy atom. The first kappa shape index (κ1) is 8.34. The van der Waals surface area contributed by atoms with Crippen LogP contribution < -0.4 is 5.32 Å². The molecule has 0 radical (unpaired) electrons. The van der Waals surface area contributed by atoms with Crippen molar-refractivity contribution in [3.8, 4) is 0 Å². The van der Waals surface area contributed by atoms with Crippen LogP contribution in [0.3, 0.4) is 0 Å². The molecular formula is C9H15NO. The van der Waals surface area contributed by atoms with E-state index in [-0.39, 0.29) is 6.61 Å². The molecular weight excluding hydrogens is 138 g/mol. The average molecular weight is 153 g/mol. The van der Waals surface area contributed by atoms with E-state index in [0.29, 0.717) is 5.92 Å². The van der Waals surface area contributed by atoms with Gasteiger partial charge in [-0.15, -0.1) is 0 Å². The maximum atomic E-state index is 8.63. The van der Waals surface area contributed by atoms with Crippen molar-refractivity contribution < 1.29 is 5.11 Å². The number of hydrogen-bond donors (Lipinski definition) is 2. The van der Waals surface area contributed by atoms with Crippen LogP contribution in [-0.4, -0.2) is 11.7 Å². The third-order valence-electron chi connectivity index (χ3n) is 2.11. The molecule has 11 heavy (non-hydrogen) atoms. The lowest BCUT2D eigenvalue weighted by atomic mass is 10.0. The third kappa shape index (κ3) is 1.84. The topological polar surface area (TPSA) is 32.3 Å². The molecule has 1 saturated heterocycles. The lowest BCUT2D eigenvalue weighted by Crippen LogP contribution is -2.04. The summed E-state index contributed by atoms with van der Waals surface area (Å²) in [5.74, 6) is 0.563. The van der Waals surface area contributed by atoms with E-state index in [1.165, 1.54) is 0 Å². The molecule has 0 saturated carbocycles. The zero-order valence-corrected chi connectivity index (χ0v) is 6.93. The van der Waals surface area contributed by atoms with Crippen LogP contribution in [-0.2, 0) is 0 Å².